The lowest BCUT2D eigenvalue weighted by molar-refractivity contribution is 0.0690. The van der Waals surface area contributed by atoms with Gasteiger partial charge in [-0.15, -0.1) is 10.2 Å². The number of nitrogens with one attached hydrogen (secondary N) is 1. The second-order valence-electron chi connectivity index (χ2n) is 3.39. The third kappa shape index (κ3) is 2.98. The van der Waals surface area contributed by atoms with Crippen molar-refractivity contribution in [2.75, 3.05) is 5.32 Å². The van der Waals surface area contributed by atoms with Crippen molar-refractivity contribution < 1.29 is 9.90 Å². The van der Waals surface area contributed by atoms with Gasteiger partial charge in [-0.1, -0.05) is 18.3 Å². The highest BCUT2D eigenvalue weighted by molar-refractivity contribution is 7.11. The highest BCUT2D eigenvalue weighted by Crippen LogP contribution is 2.11. The molecule has 0 saturated carbocycles. The van der Waals surface area contributed by atoms with Crippen LogP contribution in [0.25, 0.3) is 0 Å². The van der Waals surface area contributed by atoms with Gasteiger partial charge in [-0.25, -0.2) is 14.8 Å². The maximum atomic E-state index is 10.6. The molecular weight excluding hydrogens is 254 g/mol. The number of aromatic carboxylic acids is 1. The highest BCUT2D eigenvalue weighted by atomic mass is 32.1. The van der Waals surface area contributed by atoms with E-state index in [1.165, 1.54) is 23.7 Å². The molecule has 0 aliphatic rings. The van der Waals surface area contributed by atoms with Crippen molar-refractivity contribution in [3.05, 3.63) is 28.1 Å². The van der Waals surface area contributed by atoms with Crippen LogP contribution in [-0.2, 0) is 13.0 Å². The fourth-order valence-corrected chi connectivity index (χ4v) is 1.92. The van der Waals surface area contributed by atoms with Crippen molar-refractivity contribution in [3.8, 4) is 0 Å². The summed E-state index contributed by atoms with van der Waals surface area (Å²) >= 11 is 1.53. The molecule has 2 heterocycles. The van der Waals surface area contributed by atoms with E-state index in [1.807, 2.05) is 6.92 Å². The second kappa shape index (κ2) is 5.50. The summed E-state index contributed by atoms with van der Waals surface area (Å²) in [7, 11) is 0. The zero-order valence-electron chi connectivity index (χ0n) is 9.62. The molecule has 0 unspecified atom stereocenters. The normalized spacial score (nSPS) is 10.3. The smallest absolute Gasteiger partial charge is 0.356 e. The summed E-state index contributed by atoms with van der Waals surface area (Å²) in [6.45, 7) is 2.52. The number of hydrogen-bond acceptors (Lipinski definition) is 7. The molecule has 0 amide bonds. The van der Waals surface area contributed by atoms with E-state index in [0.29, 0.717) is 12.4 Å². The number of nitrogens with zero attached hydrogens (tertiary/aromatic N) is 4. The Hall–Kier alpha value is -2.09. The summed E-state index contributed by atoms with van der Waals surface area (Å²) in [5, 5.41) is 21.5. The van der Waals surface area contributed by atoms with Gasteiger partial charge in [0.25, 0.3) is 0 Å². The van der Waals surface area contributed by atoms with Crippen molar-refractivity contribution in [2.45, 2.75) is 19.9 Å². The monoisotopic (exact) mass is 265 g/mol. The molecule has 0 spiro atoms. The van der Waals surface area contributed by atoms with Gasteiger partial charge in [0.1, 0.15) is 15.8 Å². The van der Waals surface area contributed by atoms with Gasteiger partial charge >= 0.3 is 5.97 Å². The van der Waals surface area contributed by atoms with E-state index in [0.717, 1.165) is 16.4 Å². The second-order valence-corrected chi connectivity index (χ2v) is 4.54. The van der Waals surface area contributed by atoms with Gasteiger partial charge in [-0.3, -0.25) is 0 Å². The minimum Gasteiger partial charge on any atom is -0.476 e. The van der Waals surface area contributed by atoms with Crippen LogP contribution >= 0.6 is 11.3 Å². The van der Waals surface area contributed by atoms with Crippen molar-refractivity contribution in [1.29, 1.82) is 0 Å². The van der Waals surface area contributed by atoms with Crippen LogP contribution in [0.1, 0.15) is 27.4 Å². The topological polar surface area (TPSA) is 101 Å². The molecule has 2 rings (SSSR count). The van der Waals surface area contributed by atoms with E-state index in [1.54, 1.807) is 0 Å². The van der Waals surface area contributed by atoms with E-state index in [9.17, 15) is 4.79 Å². The number of hydrogen-bond donors (Lipinski definition) is 2. The summed E-state index contributed by atoms with van der Waals surface area (Å²) in [5.74, 6) is -0.584. The summed E-state index contributed by atoms with van der Waals surface area (Å²) < 4.78 is 0. The first-order valence-electron chi connectivity index (χ1n) is 5.29. The number of carboxylic acid groups (broad SMARTS) is 1. The largest absolute Gasteiger partial charge is 0.476 e. The third-order valence-electron chi connectivity index (χ3n) is 2.10. The molecule has 8 heteroatoms. The fourth-order valence-electron chi connectivity index (χ4n) is 1.20. The van der Waals surface area contributed by atoms with Crippen LogP contribution in [0.3, 0.4) is 0 Å². The van der Waals surface area contributed by atoms with Crippen LogP contribution in [0.2, 0.25) is 0 Å². The minimum atomic E-state index is -1.09. The van der Waals surface area contributed by atoms with E-state index in [-0.39, 0.29) is 5.69 Å². The molecule has 2 N–H and O–H groups in total. The molecule has 2 aromatic heterocycles. The highest BCUT2D eigenvalue weighted by Gasteiger charge is 2.06. The Labute approximate surface area is 107 Å². The van der Waals surface area contributed by atoms with E-state index in [4.69, 9.17) is 5.11 Å². The number of aromatic nitrogens is 4. The minimum absolute atomic E-state index is 0.0789. The lowest BCUT2D eigenvalue weighted by Gasteiger charge is -2.01. The van der Waals surface area contributed by atoms with Gasteiger partial charge in [0.05, 0.1) is 18.9 Å². The standard InChI is InChI=1S/C10H11N5O2S/c1-2-8-14-15-9(18-8)5-13-7-4-11-6(3-12-7)10(16)17/h3-4H,2,5H2,1H3,(H,12,13)(H,16,17). The molecule has 0 atom stereocenters. The van der Waals surface area contributed by atoms with Gasteiger partial charge in [-0.05, 0) is 6.42 Å². The maximum Gasteiger partial charge on any atom is 0.356 e. The Morgan fingerprint density at radius 2 is 2.11 bits per heavy atom. The molecule has 2 aromatic rings. The SMILES string of the molecule is CCc1nnc(CNc2cnc(C(=O)O)cn2)s1. The van der Waals surface area contributed by atoms with E-state index >= 15 is 0 Å². The Kier molecular flexibility index (Phi) is 3.78. The molecule has 0 aliphatic heterocycles. The molecule has 0 fully saturated rings. The lowest BCUT2D eigenvalue weighted by Crippen LogP contribution is -2.05. The van der Waals surface area contributed by atoms with E-state index in [2.05, 4.69) is 25.5 Å². The first kappa shape index (κ1) is 12.4. The maximum absolute atomic E-state index is 10.6. The third-order valence-corrected chi connectivity index (χ3v) is 3.17. The zero-order valence-corrected chi connectivity index (χ0v) is 10.4. The molecule has 0 bridgehead atoms. The summed E-state index contributed by atoms with van der Waals surface area (Å²) in [6, 6.07) is 0. The molecule has 0 saturated heterocycles. The van der Waals surface area contributed by atoms with Crippen LogP contribution < -0.4 is 5.32 Å². The quantitative estimate of drug-likeness (QED) is 0.837. The van der Waals surface area contributed by atoms with Gasteiger partial charge in [0.2, 0.25) is 0 Å². The van der Waals surface area contributed by atoms with Crippen molar-refractivity contribution in [2.24, 2.45) is 0 Å². The Bertz CT molecular complexity index is 539. The van der Waals surface area contributed by atoms with E-state index < -0.39 is 5.97 Å². The molecule has 7 nitrogen and oxygen atoms in total. The number of anilines is 1. The van der Waals surface area contributed by atoms with Crippen LogP contribution in [0, 0.1) is 0 Å². The predicted molar refractivity (Wildman–Crippen MR) is 65.6 cm³/mol. The zero-order chi connectivity index (χ0) is 13.0. The van der Waals surface area contributed by atoms with Crippen LogP contribution in [0.5, 0.6) is 0 Å². The summed E-state index contributed by atoms with van der Waals surface area (Å²) in [5.41, 5.74) is -0.0789. The van der Waals surface area contributed by atoms with Crippen molar-refractivity contribution in [1.82, 2.24) is 20.2 Å². The van der Waals surface area contributed by atoms with Crippen molar-refractivity contribution in [3.63, 3.8) is 0 Å². The lowest BCUT2D eigenvalue weighted by atomic mass is 10.4. The van der Waals surface area contributed by atoms with Crippen LogP contribution in [-0.4, -0.2) is 31.2 Å². The Morgan fingerprint density at radius 1 is 1.33 bits per heavy atom. The van der Waals surface area contributed by atoms with Gasteiger partial charge < -0.3 is 10.4 Å². The average Bonchev–Trinajstić information content (AvgIpc) is 2.85. The molecule has 18 heavy (non-hydrogen) atoms. The Balaban J connectivity index is 1.95. The first-order valence-corrected chi connectivity index (χ1v) is 6.11. The van der Waals surface area contributed by atoms with Crippen LogP contribution in [0.15, 0.2) is 12.4 Å². The fraction of sp³-hybridized carbons (Fsp3) is 0.300. The molecular formula is C10H11N5O2S. The van der Waals surface area contributed by atoms with Crippen molar-refractivity contribution >= 4 is 23.1 Å². The number of carbonyl (C=O) groups is 1. The number of rotatable bonds is 5. The Morgan fingerprint density at radius 3 is 2.67 bits per heavy atom. The molecule has 0 radical (unpaired) electrons. The first-order chi connectivity index (χ1) is 8.69. The molecule has 94 valence electrons. The summed E-state index contributed by atoms with van der Waals surface area (Å²) in [6.07, 6.45) is 3.46. The number of carboxylic acids is 1. The van der Waals surface area contributed by atoms with Crippen LogP contribution in [0.4, 0.5) is 5.82 Å². The van der Waals surface area contributed by atoms with Gasteiger partial charge in [0, 0.05) is 0 Å². The van der Waals surface area contributed by atoms with Gasteiger partial charge in [-0.2, -0.15) is 0 Å². The molecule has 0 aromatic carbocycles. The number of aryl methyl sites for hydroxylation is 1. The van der Waals surface area contributed by atoms with Gasteiger partial charge in [0.15, 0.2) is 5.69 Å². The summed E-state index contributed by atoms with van der Waals surface area (Å²) in [4.78, 5) is 18.3. The average molecular weight is 265 g/mol. The predicted octanol–water partition coefficient (Wildman–Crippen LogP) is 1.20. The molecule has 0 aliphatic carbocycles.